The summed E-state index contributed by atoms with van der Waals surface area (Å²) in [7, 11) is 0. The van der Waals surface area contributed by atoms with Crippen molar-refractivity contribution in [2.45, 2.75) is 39.4 Å². The lowest BCUT2D eigenvalue weighted by atomic mass is 10.1. The van der Waals surface area contributed by atoms with Crippen LogP contribution in [0.3, 0.4) is 0 Å². The van der Waals surface area contributed by atoms with Gasteiger partial charge in [-0.1, -0.05) is 0 Å². The molecule has 6 nitrogen and oxygen atoms in total. The van der Waals surface area contributed by atoms with Gasteiger partial charge in [-0.25, -0.2) is 0 Å². The van der Waals surface area contributed by atoms with E-state index in [-0.39, 0.29) is 12.4 Å². The van der Waals surface area contributed by atoms with E-state index in [4.69, 9.17) is 0 Å². The third-order valence-electron chi connectivity index (χ3n) is 3.27. The number of alkyl halides is 3. The molecule has 2 aromatic rings. The first-order chi connectivity index (χ1) is 11.0. The van der Waals surface area contributed by atoms with Gasteiger partial charge >= 0.3 is 6.18 Å². The van der Waals surface area contributed by atoms with Gasteiger partial charge in [0, 0.05) is 12.2 Å². The molecule has 0 aliphatic carbocycles. The van der Waals surface area contributed by atoms with Crippen molar-refractivity contribution in [1.29, 1.82) is 0 Å². The van der Waals surface area contributed by atoms with E-state index in [1.165, 1.54) is 21.8 Å². The number of amides is 1. The molecule has 1 aromatic heterocycles. The second-order valence-corrected chi connectivity index (χ2v) is 6.17. The molecule has 0 bridgehead atoms. The lowest BCUT2D eigenvalue weighted by molar-refractivity contribution is -0.137. The number of carbonyl (C=O) groups is 1. The van der Waals surface area contributed by atoms with E-state index in [2.05, 4.69) is 15.4 Å². The number of rotatable bonds is 3. The molecule has 0 N–H and O–H groups in total. The number of tetrazole rings is 1. The van der Waals surface area contributed by atoms with Crippen LogP contribution >= 0.6 is 0 Å². The molecule has 0 saturated heterocycles. The topological polar surface area (TPSA) is 63.9 Å². The summed E-state index contributed by atoms with van der Waals surface area (Å²) in [5, 5.41) is 11.6. The first-order valence-corrected chi connectivity index (χ1v) is 7.33. The molecule has 0 aliphatic heterocycles. The Kier molecular flexibility index (Phi) is 4.63. The number of nitrogens with zero attached hydrogens (tertiary/aromatic N) is 5. The van der Waals surface area contributed by atoms with E-state index in [1.807, 2.05) is 20.8 Å². The van der Waals surface area contributed by atoms with Crippen LogP contribution in [0, 0.1) is 0 Å². The van der Waals surface area contributed by atoms with Gasteiger partial charge in [-0.3, -0.25) is 4.79 Å². The van der Waals surface area contributed by atoms with E-state index < -0.39 is 23.2 Å². The van der Waals surface area contributed by atoms with Gasteiger partial charge in [0.25, 0.3) is 11.7 Å². The standard InChI is InChI=1S/C15H18F3N5O/c1-5-22(11-8-6-10(7-9-11)15(16,17)18)13(24)12-19-21-23(20-12)14(2,3)4/h6-9H,5H2,1-4H3. The molecular formula is C15H18F3N5O. The third kappa shape index (κ3) is 3.72. The fourth-order valence-electron chi connectivity index (χ4n) is 1.98. The van der Waals surface area contributed by atoms with Gasteiger partial charge in [0.15, 0.2) is 0 Å². The van der Waals surface area contributed by atoms with Gasteiger partial charge in [0.2, 0.25) is 0 Å². The Morgan fingerprint density at radius 3 is 2.17 bits per heavy atom. The quantitative estimate of drug-likeness (QED) is 0.860. The molecule has 0 aliphatic rings. The Hall–Kier alpha value is -2.45. The number of anilines is 1. The molecule has 1 amide bonds. The minimum Gasteiger partial charge on any atom is -0.306 e. The Bertz CT molecular complexity index is 716. The van der Waals surface area contributed by atoms with Crippen LogP contribution in [0.1, 0.15) is 43.9 Å². The Morgan fingerprint density at radius 2 is 1.75 bits per heavy atom. The number of hydrogen-bond acceptors (Lipinski definition) is 4. The Balaban J connectivity index is 2.28. The highest BCUT2D eigenvalue weighted by molar-refractivity contribution is 6.03. The maximum Gasteiger partial charge on any atom is 0.416 e. The lowest BCUT2D eigenvalue weighted by Gasteiger charge is -2.20. The zero-order valence-electron chi connectivity index (χ0n) is 13.8. The highest BCUT2D eigenvalue weighted by atomic mass is 19.4. The van der Waals surface area contributed by atoms with Gasteiger partial charge in [-0.2, -0.15) is 18.0 Å². The fourth-order valence-corrected chi connectivity index (χ4v) is 1.98. The molecule has 1 aromatic carbocycles. The molecule has 0 unspecified atom stereocenters. The first-order valence-electron chi connectivity index (χ1n) is 7.33. The molecular weight excluding hydrogens is 323 g/mol. The Morgan fingerprint density at radius 1 is 1.17 bits per heavy atom. The van der Waals surface area contributed by atoms with Crippen molar-refractivity contribution < 1.29 is 18.0 Å². The molecule has 130 valence electrons. The van der Waals surface area contributed by atoms with Gasteiger partial charge in [-0.05, 0) is 57.2 Å². The number of carbonyl (C=O) groups excluding carboxylic acids is 1. The van der Waals surface area contributed by atoms with Crippen LogP contribution in [0.2, 0.25) is 0 Å². The van der Waals surface area contributed by atoms with E-state index >= 15 is 0 Å². The summed E-state index contributed by atoms with van der Waals surface area (Å²) in [5.74, 6) is -0.626. The Labute approximate surface area is 137 Å². The molecule has 0 spiro atoms. The number of halogens is 3. The van der Waals surface area contributed by atoms with Crippen LogP contribution in [0.25, 0.3) is 0 Å². The summed E-state index contributed by atoms with van der Waals surface area (Å²) in [6.45, 7) is 7.54. The maximum absolute atomic E-state index is 12.6. The highest BCUT2D eigenvalue weighted by Gasteiger charge is 2.31. The molecule has 0 atom stereocenters. The fraction of sp³-hybridized carbons (Fsp3) is 0.467. The first kappa shape index (κ1) is 17.9. The van der Waals surface area contributed by atoms with E-state index in [9.17, 15) is 18.0 Å². The molecule has 9 heteroatoms. The van der Waals surface area contributed by atoms with Crippen molar-refractivity contribution in [2.75, 3.05) is 11.4 Å². The number of hydrogen-bond donors (Lipinski definition) is 0. The summed E-state index contributed by atoms with van der Waals surface area (Å²) >= 11 is 0. The van der Waals surface area contributed by atoms with Crippen LogP contribution in [0.15, 0.2) is 24.3 Å². The number of benzene rings is 1. The second kappa shape index (κ2) is 6.21. The largest absolute Gasteiger partial charge is 0.416 e. The van der Waals surface area contributed by atoms with Crippen LogP contribution in [0.5, 0.6) is 0 Å². The summed E-state index contributed by atoms with van der Waals surface area (Å²) in [4.78, 5) is 15.1. The predicted molar refractivity (Wildman–Crippen MR) is 81.6 cm³/mol. The van der Waals surface area contributed by atoms with Crippen molar-refractivity contribution in [3.05, 3.63) is 35.7 Å². The van der Waals surface area contributed by atoms with Crippen LogP contribution < -0.4 is 4.90 Å². The average Bonchev–Trinajstić information content (AvgIpc) is 2.97. The minimum absolute atomic E-state index is 0.105. The summed E-state index contributed by atoms with van der Waals surface area (Å²) in [6, 6.07) is 4.37. The second-order valence-electron chi connectivity index (χ2n) is 6.17. The molecule has 24 heavy (non-hydrogen) atoms. The summed E-state index contributed by atoms with van der Waals surface area (Å²) in [5.41, 5.74) is -0.870. The zero-order valence-corrected chi connectivity index (χ0v) is 13.8. The van der Waals surface area contributed by atoms with Crippen LogP contribution in [0.4, 0.5) is 18.9 Å². The van der Waals surface area contributed by atoms with E-state index in [0.717, 1.165) is 12.1 Å². The van der Waals surface area contributed by atoms with Crippen molar-refractivity contribution in [2.24, 2.45) is 0 Å². The summed E-state index contributed by atoms with van der Waals surface area (Å²) < 4.78 is 37.9. The molecule has 1 heterocycles. The smallest absolute Gasteiger partial charge is 0.306 e. The molecule has 0 radical (unpaired) electrons. The monoisotopic (exact) mass is 341 g/mol. The normalized spacial score (nSPS) is 12.3. The van der Waals surface area contributed by atoms with Gasteiger partial charge in [-0.15, -0.1) is 10.2 Å². The van der Waals surface area contributed by atoms with Crippen molar-refractivity contribution in [3.8, 4) is 0 Å². The molecule has 2 rings (SSSR count). The SMILES string of the molecule is CCN(C(=O)c1nnn(C(C)(C)C)n1)c1ccc(C(F)(F)F)cc1. The lowest BCUT2D eigenvalue weighted by Crippen LogP contribution is -2.32. The third-order valence-corrected chi connectivity index (χ3v) is 3.27. The van der Waals surface area contributed by atoms with Crippen LogP contribution in [-0.4, -0.2) is 32.7 Å². The van der Waals surface area contributed by atoms with Gasteiger partial charge < -0.3 is 4.90 Å². The van der Waals surface area contributed by atoms with Crippen molar-refractivity contribution in [3.63, 3.8) is 0 Å². The van der Waals surface area contributed by atoms with Crippen molar-refractivity contribution >= 4 is 11.6 Å². The van der Waals surface area contributed by atoms with E-state index in [0.29, 0.717) is 5.69 Å². The van der Waals surface area contributed by atoms with Crippen molar-refractivity contribution in [1.82, 2.24) is 20.2 Å². The molecule has 0 fully saturated rings. The predicted octanol–water partition coefficient (Wildman–Crippen LogP) is 3.11. The maximum atomic E-state index is 12.6. The van der Waals surface area contributed by atoms with Gasteiger partial charge in [0.1, 0.15) is 0 Å². The average molecular weight is 341 g/mol. The zero-order chi connectivity index (χ0) is 18.1. The van der Waals surface area contributed by atoms with E-state index in [1.54, 1.807) is 6.92 Å². The highest BCUT2D eigenvalue weighted by Crippen LogP contribution is 2.30. The summed E-state index contributed by atoms with van der Waals surface area (Å²) in [6.07, 6.45) is -4.42. The molecule has 0 saturated carbocycles. The van der Waals surface area contributed by atoms with Crippen LogP contribution in [-0.2, 0) is 11.7 Å². The van der Waals surface area contributed by atoms with Gasteiger partial charge in [0.05, 0.1) is 11.1 Å². The minimum atomic E-state index is -4.42. The number of aromatic nitrogens is 4.